The second-order valence-corrected chi connectivity index (χ2v) is 6.77. The Bertz CT molecular complexity index is 1140. The lowest BCUT2D eigenvalue weighted by Gasteiger charge is -2.09. The van der Waals surface area contributed by atoms with Gasteiger partial charge in [-0.05, 0) is 55.0 Å². The fraction of sp³-hybridized carbons (Fsp3) is 0.0500. The number of nitrogens with zero attached hydrogens (tertiary/aromatic N) is 2. The van der Waals surface area contributed by atoms with Gasteiger partial charge < -0.3 is 9.73 Å². The normalized spacial score (nSPS) is 10.9. The molecule has 4 rings (SSSR count). The van der Waals surface area contributed by atoms with Crippen LogP contribution in [0.15, 0.2) is 59.1 Å². The number of nitrogens with one attached hydrogen (secondary N) is 1. The van der Waals surface area contributed by atoms with Crippen LogP contribution in [-0.2, 0) is 0 Å². The molecule has 4 aromatic rings. The molecular weight excluding hydrogens is 385 g/mol. The average Bonchev–Trinajstić information content (AvgIpc) is 3.10. The Morgan fingerprint density at radius 1 is 1.07 bits per heavy atom. The summed E-state index contributed by atoms with van der Waals surface area (Å²) < 4.78 is 5.72. The number of amides is 1. The molecule has 0 aliphatic rings. The van der Waals surface area contributed by atoms with E-state index in [1.165, 1.54) is 0 Å². The number of benzene rings is 2. The van der Waals surface area contributed by atoms with Crippen LogP contribution < -0.4 is 5.32 Å². The van der Waals surface area contributed by atoms with Gasteiger partial charge >= 0.3 is 0 Å². The number of halogens is 2. The highest BCUT2D eigenvalue weighted by Crippen LogP contribution is 2.30. The molecule has 7 heteroatoms. The third kappa shape index (κ3) is 3.52. The highest BCUT2D eigenvalue weighted by atomic mass is 35.5. The molecule has 27 heavy (non-hydrogen) atoms. The van der Waals surface area contributed by atoms with E-state index in [0.29, 0.717) is 44.0 Å². The van der Waals surface area contributed by atoms with E-state index in [2.05, 4.69) is 15.3 Å². The highest BCUT2D eigenvalue weighted by Gasteiger charge is 2.14. The molecule has 0 radical (unpaired) electrons. The second kappa shape index (κ2) is 7.02. The molecule has 0 unspecified atom stereocenters. The van der Waals surface area contributed by atoms with Crippen molar-refractivity contribution in [2.24, 2.45) is 0 Å². The molecule has 0 saturated carbocycles. The lowest BCUT2D eigenvalue weighted by Crippen LogP contribution is -2.12. The Labute approximate surface area is 165 Å². The molecule has 0 saturated heterocycles. The molecule has 0 spiro atoms. The number of rotatable bonds is 3. The molecule has 2 heterocycles. The average molecular weight is 398 g/mol. The Morgan fingerprint density at radius 3 is 2.70 bits per heavy atom. The zero-order valence-electron chi connectivity index (χ0n) is 14.2. The van der Waals surface area contributed by atoms with E-state index in [0.717, 1.165) is 5.56 Å². The zero-order chi connectivity index (χ0) is 19.0. The van der Waals surface area contributed by atoms with Crippen LogP contribution in [0.5, 0.6) is 0 Å². The minimum Gasteiger partial charge on any atom is -0.434 e. The summed E-state index contributed by atoms with van der Waals surface area (Å²) in [5.41, 5.74) is 3.57. The van der Waals surface area contributed by atoms with E-state index in [4.69, 9.17) is 27.6 Å². The molecule has 0 fully saturated rings. The summed E-state index contributed by atoms with van der Waals surface area (Å²) in [4.78, 5) is 21.1. The van der Waals surface area contributed by atoms with Crippen molar-refractivity contribution in [1.29, 1.82) is 0 Å². The van der Waals surface area contributed by atoms with E-state index in [1.54, 1.807) is 54.7 Å². The van der Waals surface area contributed by atoms with Gasteiger partial charge in [-0.3, -0.25) is 4.79 Å². The van der Waals surface area contributed by atoms with Crippen molar-refractivity contribution in [2.75, 3.05) is 5.32 Å². The molecule has 0 aliphatic heterocycles. The molecule has 5 nitrogen and oxygen atoms in total. The fourth-order valence-corrected chi connectivity index (χ4v) is 2.92. The number of hydrogen-bond donors (Lipinski definition) is 1. The van der Waals surface area contributed by atoms with E-state index < -0.39 is 0 Å². The first-order valence-electron chi connectivity index (χ1n) is 8.10. The monoisotopic (exact) mass is 397 g/mol. The number of aryl methyl sites for hydroxylation is 1. The Morgan fingerprint density at radius 2 is 1.93 bits per heavy atom. The molecular formula is C20H13Cl2N3O2. The summed E-state index contributed by atoms with van der Waals surface area (Å²) in [7, 11) is 0. The summed E-state index contributed by atoms with van der Waals surface area (Å²) >= 11 is 12.3. The summed E-state index contributed by atoms with van der Waals surface area (Å²) in [5, 5.41) is 3.73. The number of aromatic nitrogens is 2. The van der Waals surface area contributed by atoms with E-state index >= 15 is 0 Å². The lowest BCUT2D eigenvalue weighted by molar-refractivity contribution is 0.102. The third-order valence-corrected chi connectivity index (χ3v) is 4.80. The van der Waals surface area contributed by atoms with Gasteiger partial charge in [-0.15, -0.1) is 0 Å². The van der Waals surface area contributed by atoms with Crippen molar-refractivity contribution in [3.8, 4) is 11.5 Å². The first-order chi connectivity index (χ1) is 13.0. The van der Waals surface area contributed by atoms with Crippen LogP contribution in [0.2, 0.25) is 10.0 Å². The molecule has 134 valence electrons. The second-order valence-electron chi connectivity index (χ2n) is 5.96. The van der Waals surface area contributed by atoms with Gasteiger partial charge in [0.2, 0.25) is 5.89 Å². The molecule has 1 N–H and O–H groups in total. The summed E-state index contributed by atoms with van der Waals surface area (Å²) in [6, 6.07) is 13.8. The van der Waals surface area contributed by atoms with Crippen LogP contribution >= 0.6 is 23.2 Å². The van der Waals surface area contributed by atoms with Crippen molar-refractivity contribution >= 4 is 46.0 Å². The zero-order valence-corrected chi connectivity index (χ0v) is 15.7. The number of hydrogen-bond acceptors (Lipinski definition) is 4. The van der Waals surface area contributed by atoms with Crippen LogP contribution in [0, 0.1) is 6.92 Å². The Balaban J connectivity index is 1.66. The first kappa shape index (κ1) is 17.5. The standard InChI is InChI=1S/C20H13Cl2N3O2/c1-11-4-5-12(9-15(11)22)19(26)24-16-10-13(6-7-14(16)21)20-25-18-17(27-20)3-2-8-23-18/h2-10H,1H3,(H,24,26). The quantitative estimate of drug-likeness (QED) is 0.477. The van der Waals surface area contributed by atoms with Crippen LogP contribution in [-0.4, -0.2) is 15.9 Å². The largest absolute Gasteiger partial charge is 0.434 e. The Hall–Kier alpha value is -2.89. The Kier molecular flexibility index (Phi) is 4.56. The van der Waals surface area contributed by atoms with Gasteiger partial charge in [0.05, 0.1) is 10.7 Å². The van der Waals surface area contributed by atoms with Crippen LogP contribution in [0.4, 0.5) is 5.69 Å². The SMILES string of the molecule is Cc1ccc(C(=O)Nc2cc(-c3nc4ncccc4o3)ccc2Cl)cc1Cl. The van der Waals surface area contributed by atoms with Crippen molar-refractivity contribution in [1.82, 2.24) is 9.97 Å². The minimum absolute atomic E-state index is 0.310. The summed E-state index contributed by atoms with van der Waals surface area (Å²) in [6.45, 7) is 1.87. The van der Waals surface area contributed by atoms with Gasteiger partial charge in [-0.1, -0.05) is 29.3 Å². The maximum atomic E-state index is 12.5. The van der Waals surface area contributed by atoms with Crippen molar-refractivity contribution in [3.05, 3.63) is 75.9 Å². The topological polar surface area (TPSA) is 68.0 Å². The van der Waals surface area contributed by atoms with Gasteiger partial charge in [-0.2, -0.15) is 4.98 Å². The molecule has 0 aliphatic carbocycles. The first-order valence-corrected chi connectivity index (χ1v) is 8.86. The number of fused-ring (bicyclic) bond motifs is 1. The predicted octanol–water partition coefficient (Wildman–Crippen LogP) is 5.76. The smallest absolute Gasteiger partial charge is 0.255 e. The highest BCUT2D eigenvalue weighted by molar-refractivity contribution is 6.34. The van der Waals surface area contributed by atoms with E-state index in [9.17, 15) is 4.79 Å². The van der Waals surface area contributed by atoms with Crippen LogP contribution in [0.3, 0.4) is 0 Å². The van der Waals surface area contributed by atoms with Gasteiger partial charge in [0, 0.05) is 22.3 Å². The number of anilines is 1. The minimum atomic E-state index is -0.310. The predicted molar refractivity (Wildman–Crippen MR) is 106 cm³/mol. The maximum absolute atomic E-state index is 12.5. The molecule has 1 amide bonds. The molecule has 0 bridgehead atoms. The summed E-state index contributed by atoms with van der Waals surface area (Å²) in [5.74, 6) is 0.0874. The van der Waals surface area contributed by atoms with Crippen molar-refractivity contribution in [2.45, 2.75) is 6.92 Å². The van der Waals surface area contributed by atoms with Crippen LogP contribution in [0.1, 0.15) is 15.9 Å². The van der Waals surface area contributed by atoms with Crippen molar-refractivity contribution in [3.63, 3.8) is 0 Å². The maximum Gasteiger partial charge on any atom is 0.255 e. The van der Waals surface area contributed by atoms with Gasteiger partial charge in [0.25, 0.3) is 5.91 Å². The third-order valence-electron chi connectivity index (χ3n) is 4.06. The van der Waals surface area contributed by atoms with Gasteiger partial charge in [0.1, 0.15) is 0 Å². The van der Waals surface area contributed by atoms with Gasteiger partial charge in [-0.25, -0.2) is 4.98 Å². The number of carbonyl (C=O) groups is 1. The fourth-order valence-electron chi connectivity index (χ4n) is 2.58. The molecule has 0 atom stereocenters. The number of carbonyl (C=O) groups excluding carboxylic acids is 1. The number of pyridine rings is 1. The number of oxazole rings is 1. The molecule has 2 aromatic carbocycles. The summed E-state index contributed by atoms with van der Waals surface area (Å²) in [6.07, 6.45) is 1.65. The van der Waals surface area contributed by atoms with Crippen LogP contribution in [0.25, 0.3) is 22.7 Å². The van der Waals surface area contributed by atoms with E-state index in [-0.39, 0.29) is 5.91 Å². The van der Waals surface area contributed by atoms with Gasteiger partial charge in [0.15, 0.2) is 11.2 Å². The van der Waals surface area contributed by atoms with Crippen molar-refractivity contribution < 1.29 is 9.21 Å². The van der Waals surface area contributed by atoms with E-state index in [1.807, 2.05) is 6.92 Å². The lowest BCUT2D eigenvalue weighted by atomic mass is 10.1. The molecule has 2 aromatic heterocycles.